The summed E-state index contributed by atoms with van der Waals surface area (Å²) in [6.45, 7) is 3.41. The Bertz CT molecular complexity index is 217. The van der Waals surface area contributed by atoms with Crippen molar-refractivity contribution in [2.45, 2.75) is 18.6 Å². The van der Waals surface area contributed by atoms with Crippen LogP contribution in [0.1, 0.15) is 6.42 Å². The van der Waals surface area contributed by atoms with Crippen LogP contribution in [-0.2, 0) is 9.47 Å². The Morgan fingerprint density at radius 1 is 1.43 bits per heavy atom. The predicted molar refractivity (Wildman–Crippen MR) is 52.1 cm³/mol. The van der Waals surface area contributed by atoms with Crippen molar-refractivity contribution in [3.8, 4) is 0 Å². The molecule has 80 valence electrons. The second-order valence-electron chi connectivity index (χ2n) is 3.80. The van der Waals surface area contributed by atoms with E-state index in [1.165, 1.54) is 5.57 Å². The minimum absolute atomic E-state index is 0.0813. The molecule has 2 heterocycles. The lowest BCUT2D eigenvalue weighted by molar-refractivity contribution is 0.122. The molecule has 0 saturated carbocycles. The number of rotatable bonds is 3. The lowest BCUT2D eigenvalue weighted by atomic mass is 10.1. The molecule has 1 fully saturated rings. The highest BCUT2D eigenvalue weighted by Crippen LogP contribution is 2.08. The summed E-state index contributed by atoms with van der Waals surface area (Å²) in [6.07, 6.45) is 2.85. The van der Waals surface area contributed by atoms with Crippen molar-refractivity contribution in [2.24, 2.45) is 0 Å². The molecule has 0 aromatic heterocycles. The molecule has 0 bridgehead atoms. The van der Waals surface area contributed by atoms with Crippen LogP contribution in [0, 0.1) is 0 Å². The summed E-state index contributed by atoms with van der Waals surface area (Å²) in [5.41, 5.74) is 1.27. The van der Waals surface area contributed by atoms with Gasteiger partial charge in [-0.2, -0.15) is 0 Å². The highest BCUT2D eigenvalue weighted by atomic mass is 16.5. The van der Waals surface area contributed by atoms with Crippen LogP contribution in [0.25, 0.3) is 0 Å². The lowest BCUT2D eigenvalue weighted by Gasteiger charge is -2.18. The van der Waals surface area contributed by atoms with E-state index < -0.39 is 0 Å². The van der Waals surface area contributed by atoms with Gasteiger partial charge in [-0.1, -0.05) is 6.08 Å². The second-order valence-corrected chi connectivity index (χ2v) is 3.80. The van der Waals surface area contributed by atoms with E-state index in [0.717, 1.165) is 26.2 Å². The molecule has 0 aromatic rings. The van der Waals surface area contributed by atoms with Gasteiger partial charge in [-0.15, -0.1) is 0 Å². The average Bonchev–Trinajstić information content (AvgIpc) is 2.63. The molecule has 0 radical (unpaired) electrons. The Labute approximate surface area is 83.9 Å². The molecule has 2 aliphatic rings. The predicted octanol–water partition coefficient (Wildman–Crippen LogP) is -0.318. The van der Waals surface area contributed by atoms with Crippen molar-refractivity contribution in [3.63, 3.8) is 0 Å². The minimum Gasteiger partial charge on any atom is -0.389 e. The molecule has 4 nitrogen and oxygen atoms in total. The molecule has 0 amide bonds. The third-order valence-corrected chi connectivity index (χ3v) is 2.62. The number of ether oxygens (including phenoxy) is 2. The van der Waals surface area contributed by atoms with Crippen LogP contribution in [-0.4, -0.2) is 50.2 Å². The molecular formula is C10H17NO3. The maximum absolute atomic E-state index is 9.48. The topological polar surface area (TPSA) is 50.7 Å². The zero-order valence-corrected chi connectivity index (χ0v) is 8.24. The fourth-order valence-corrected chi connectivity index (χ4v) is 1.73. The van der Waals surface area contributed by atoms with Gasteiger partial charge in [0.2, 0.25) is 0 Å². The summed E-state index contributed by atoms with van der Waals surface area (Å²) >= 11 is 0. The second kappa shape index (κ2) is 4.89. The minimum atomic E-state index is -0.361. The number of aliphatic hydroxyl groups is 1. The smallest absolute Gasteiger partial charge is 0.0948 e. The molecule has 0 unspecified atom stereocenters. The van der Waals surface area contributed by atoms with E-state index in [0.29, 0.717) is 13.2 Å². The van der Waals surface area contributed by atoms with Crippen molar-refractivity contribution >= 4 is 0 Å². The molecule has 2 N–H and O–H groups in total. The van der Waals surface area contributed by atoms with Gasteiger partial charge < -0.3 is 19.9 Å². The molecule has 0 aliphatic carbocycles. The Morgan fingerprint density at radius 2 is 2.36 bits per heavy atom. The third-order valence-electron chi connectivity index (χ3n) is 2.62. The largest absolute Gasteiger partial charge is 0.389 e. The first-order valence-corrected chi connectivity index (χ1v) is 5.11. The van der Waals surface area contributed by atoms with E-state index >= 15 is 0 Å². The molecule has 0 aromatic carbocycles. The van der Waals surface area contributed by atoms with Gasteiger partial charge in [0, 0.05) is 6.54 Å². The first-order valence-electron chi connectivity index (χ1n) is 5.11. The molecule has 2 aliphatic heterocycles. The highest BCUT2D eigenvalue weighted by Gasteiger charge is 2.25. The fraction of sp³-hybridized carbons (Fsp3) is 0.800. The van der Waals surface area contributed by atoms with Crippen molar-refractivity contribution in [2.75, 3.05) is 33.0 Å². The molecule has 0 spiro atoms. The number of hydrogen-bond acceptors (Lipinski definition) is 4. The quantitative estimate of drug-likeness (QED) is 0.612. The summed E-state index contributed by atoms with van der Waals surface area (Å²) in [5.74, 6) is 0. The Morgan fingerprint density at radius 3 is 3.00 bits per heavy atom. The van der Waals surface area contributed by atoms with E-state index in [-0.39, 0.29) is 12.1 Å². The summed E-state index contributed by atoms with van der Waals surface area (Å²) in [4.78, 5) is 0. The Hall–Kier alpha value is -0.420. The van der Waals surface area contributed by atoms with Crippen LogP contribution in [0.15, 0.2) is 11.6 Å². The lowest BCUT2D eigenvalue weighted by Crippen LogP contribution is -2.40. The van der Waals surface area contributed by atoms with Gasteiger partial charge >= 0.3 is 0 Å². The van der Waals surface area contributed by atoms with E-state index in [2.05, 4.69) is 11.4 Å². The molecular weight excluding hydrogens is 182 g/mol. The standard InChI is InChI=1S/C10H17NO3/c12-10-7-14-6-9(10)11-4-8-2-1-3-13-5-8/h2,9-12H,1,3-7H2/t9-,10-/m1/s1. The van der Waals surface area contributed by atoms with Crippen LogP contribution >= 0.6 is 0 Å². The van der Waals surface area contributed by atoms with Gasteiger partial charge in [0.1, 0.15) is 0 Å². The van der Waals surface area contributed by atoms with E-state index in [9.17, 15) is 5.11 Å². The van der Waals surface area contributed by atoms with Gasteiger partial charge in [0.05, 0.1) is 38.6 Å². The number of hydrogen-bond donors (Lipinski definition) is 2. The zero-order chi connectivity index (χ0) is 9.80. The first kappa shape index (κ1) is 10.1. The summed E-state index contributed by atoms with van der Waals surface area (Å²) in [6, 6.07) is 0.0813. The van der Waals surface area contributed by atoms with E-state index in [1.807, 2.05) is 0 Å². The van der Waals surface area contributed by atoms with Crippen LogP contribution in [0.5, 0.6) is 0 Å². The molecule has 2 atom stereocenters. The molecule has 4 heteroatoms. The van der Waals surface area contributed by atoms with Gasteiger partial charge in [-0.25, -0.2) is 0 Å². The maximum Gasteiger partial charge on any atom is 0.0948 e. The monoisotopic (exact) mass is 199 g/mol. The van der Waals surface area contributed by atoms with Crippen LogP contribution in [0.2, 0.25) is 0 Å². The first-order chi connectivity index (χ1) is 6.86. The van der Waals surface area contributed by atoms with Gasteiger partial charge in [-0.3, -0.25) is 0 Å². The normalized spacial score (nSPS) is 33.1. The van der Waals surface area contributed by atoms with Crippen molar-refractivity contribution < 1.29 is 14.6 Å². The zero-order valence-electron chi connectivity index (χ0n) is 8.24. The van der Waals surface area contributed by atoms with Crippen LogP contribution in [0.4, 0.5) is 0 Å². The molecule has 1 saturated heterocycles. The Balaban J connectivity index is 1.73. The van der Waals surface area contributed by atoms with Crippen molar-refractivity contribution in [1.82, 2.24) is 5.32 Å². The van der Waals surface area contributed by atoms with Gasteiger partial charge in [-0.05, 0) is 12.0 Å². The van der Waals surface area contributed by atoms with Crippen molar-refractivity contribution in [1.29, 1.82) is 0 Å². The highest BCUT2D eigenvalue weighted by molar-refractivity contribution is 5.07. The molecule has 2 rings (SSSR count). The van der Waals surface area contributed by atoms with Gasteiger partial charge in [0.25, 0.3) is 0 Å². The molecule has 14 heavy (non-hydrogen) atoms. The third kappa shape index (κ3) is 2.54. The van der Waals surface area contributed by atoms with Crippen LogP contribution < -0.4 is 5.32 Å². The van der Waals surface area contributed by atoms with Crippen molar-refractivity contribution in [3.05, 3.63) is 11.6 Å². The Kier molecular flexibility index (Phi) is 3.53. The summed E-state index contributed by atoms with van der Waals surface area (Å²) in [5, 5.41) is 12.8. The van der Waals surface area contributed by atoms with E-state index in [4.69, 9.17) is 9.47 Å². The fourth-order valence-electron chi connectivity index (χ4n) is 1.73. The summed E-state index contributed by atoms with van der Waals surface area (Å²) < 4.78 is 10.5. The van der Waals surface area contributed by atoms with Gasteiger partial charge in [0.15, 0.2) is 0 Å². The van der Waals surface area contributed by atoms with E-state index in [1.54, 1.807) is 0 Å². The number of aliphatic hydroxyl groups excluding tert-OH is 1. The summed E-state index contributed by atoms with van der Waals surface area (Å²) in [7, 11) is 0. The SMILES string of the molecule is O[C@@H]1COC[C@H]1NCC1=CCCOC1. The average molecular weight is 199 g/mol. The number of nitrogens with one attached hydrogen (secondary N) is 1. The maximum atomic E-state index is 9.48. The van der Waals surface area contributed by atoms with Crippen LogP contribution in [0.3, 0.4) is 0 Å².